The number of aromatic amines is 1. The lowest BCUT2D eigenvalue weighted by Gasteiger charge is -2.02. The van der Waals surface area contributed by atoms with Gasteiger partial charge in [0.25, 0.3) is 5.56 Å². The summed E-state index contributed by atoms with van der Waals surface area (Å²) in [4.78, 5) is 25.6. The molecule has 6 heteroatoms. The van der Waals surface area contributed by atoms with Crippen LogP contribution >= 0.6 is 0 Å². The lowest BCUT2D eigenvalue weighted by Crippen LogP contribution is -2.12. The average molecular weight is 321 g/mol. The van der Waals surface area contributed by atoms with Crippen molar-refractivity contribution in [1.29, 1.82) is 0 Å². The second kappa shape index (κ2) is 6.37. The summed E-state index contributed by atoms with van der Waals surface area (Å²) in [7, 11) is 0. The molecular formula is C18H15N3O3. The monoisotopic (exact) mass is 321 g/mol. The molecule has 0 fully saturated rings. The maximum absolute atomic E-state index is 12.0. The van der Waals surface area contributed by atoms with E-state index in [1.54, 1.807) is 18.2 Å². The molecule has 0 aliphatic heterocycles. The van der Waals surface area contributed by atoms with Crippen LogP contribution < -0.4 is 11.0 Å². The first-order chi connectivity index (χ1) is 11.5. The van der Waals surface area contributed by atoms with Gasteiger partial charge in [0, 0.05) is 5.52 Å². The predicted octanol–water partition coefficient (Wildman–Crippen LogP) is 2.98. The van der Waals surface area contributed by atoms with Crippen LogP contribution in [0.25, 0.3) is 10.9 Å². The number of aryl methyl sites for hydroxylation is 1. The van der Waals surface area contributed by atoms with Gasteiger partial charge >= 0.3 is 5.97 Å². The summed E-state index contributed by atoms with van der Waals surface area (Å²) in [5.74, 6) is -0.983. The Bertz CT molecular complexity index is 989. The fraction of sp³-hybridized carbons (Fsp3) is 0.0556. The molecule has 0 spiro atoms. The molecule has 1 heterocycles. The number of benzene rings is 2. The normalized spacial score (nSPS) is 11.0. The molecule has 0 radical (unpaired) electrons. The van der Waals surface area contributed by atoms with Crippen LogP contribution in [0.4, 0.5) is 5.69 Å². The third kappa shape index (κ3) is 3.33. The Morgan fingerprint density at radius 3 is 2.62 bits per heavy atom. The third-order valence-corrected chi connectivity index (χ3v) is 3.56. The van der Waals surface area contributed by atoms with Crippen molar-refractivity contribution in [3.05, 3.63) is 75.6 Å². The molecule has 0 saturated heterocycles. The number of anilines is 1. The highest BCUT2D eigenvalue weighted by atomic mass is 16.4. The Hall–Kier alpha value is -3.41. The van der Waals surface area contributed by atoms with Gasteiger partial charge in [0.05, 0.1) is 23.0 Å². The van der Waals surface area contributed by atoms with Gasteiger partial charge in [-0.3, -0.25) is 10.2 Å². The molecule has 6 nitrogen and oxygen atoms in total. The highest BCUT2D eigenvalue weighted by molar-refractivity contribution is 5.89. The van der Waals surface area contributed by atoms with Gasteiger partial charge in [0.1, 0.15) is 0 Å². The molecule has 0 atom stereocenters. The second-order valence-corrected chi connectivity index (χ2v) is 5.40. The molecule has 0 unspecified atom stereocenters. The molecular weight excluding hydrogens is 306 g/mol. The van der Waals surface area contributed by atoms with Crippen LogP contribution in [0, 0.1) is 6.92 Å². The molecule has 0 aliphatic carbocycles. The molecule has 3 rings (SSSR count). The van der Waals surface area contributed by atoms with Gasteiger partial charge in [-0.25, -0.2) is 4.79 Å². The van der Waals surface area contributed by atoms with Gasteiger partial charge in [-0.05, 0) is 54.8 Å². The highest BCUT2D eigenvalue weighted by Gasteiger charge is 2.02. The van der Waals surface area contributed by atoms with Crippen molar-refractivity contribution in [2.24, 2.45) is 5.10 Å². The van der Waals surface area contributed by atoms with Gasteiger partial charge in [0.15, 0.2) is 0 Å². The van der Waals surface area contributed by atoms with Gasteiger partial charge < -0.3 is 10.1 Å². The molecule has 0 amide bonds. The maximum atomic E-state index is 12.0. The Morgan fingerprint density at radius 1 is 1.17 bits per heavy atom. The number of carboxylic acid groups (broad SMARTS) is 1. The van der Waals surface area contributed by atoms with E-state index in [1.165, 1.54) is 18.3 Å². The van der Waals surface area contributed by atoms with Crippen molar-refractivity contribution in [2.45, 2.75) is 6.92 Å². The number of nitrogens with zero attached hydrogens (tertiary/aromatic N) is 1. The first kappa shape index (κ1) is 15.5. The number of rotatable bonds is 4. The number of hydrogen-bond donors (Lipinski definition) is 3. The lowest BCUT2D eigenvalue weighted by atomic mass is 10.1. The van der Waals surface area contributed by atoms with E-state index in [4.69, 9.17) is 5.11 Å². The first-order valence-corrected chi connectivity index (χ1v) is 7.29. The zero-order chi connectivity index (χ0) is 17.1. The Kier molecular flexibility index (Phi) is 4.11. The van der Waals surface area contributed by atoms with Crippen LogP contribution in [0.2, 0.25) is 0 Å². The van der Waals surface area contributed by atoms with E-state index in [0.29, 0.717) is 11.3 Å². The summed E-state index contributed by atoms with van der Waals surface area (Å²) < 4.78 is 0. The van der Waals surface area contributed by atoms with Crippen LogP contribution in [-0.4, -0.2) is 22.3 Å². The van der Waals surface area contributed by atoms with Crippen LogP contribution in [0.5, 0.6) is 0 Å². The number of aromatic nitrogens is 1. The molecule has 0 aliphatic rings. The fourth-order valence-corrected chi connectivity index (χ4v) is 2.30. The number of hydrogen-bond acceptors (Lipinski definition) is 4. The molecule has 0 bridgehead atoms. The van der Waals surface area contributed by atoms with Gasteiger partial charge in [-0.15, -0.1) is 0 Å². The molecule has 2 aromatic carbocycles. The molecule has 24 heavy (non-hydrogen) atoms. The average Bonchev–Trinajstić information content (AvgIpc) is 2.56. The molecule has 120 valence electrons. The van der Waals surface area contributed by atoms with Gasteiger partial charge in [-0.2, -0.15) is 5.10 Å². The number of nitrogens with one attached hydrogen (secondary N) is 2. The standard InChI is InChI=1S/C18H15N3O3/c1-11-2-7-16-13(8-11)9-14(17(22)20-16)10-19-21-15-5-3-12(4-6-15)18(23)24/h2-10,21H,1H3,(H,20,22)(H,23,24). The van der Waals surface area contributed by atoms with Crippen LogP contribution in [0.15, 0.2) is 58.4 Å². The largest absolute Gasteiger partial charge is 0.478 e. The third-order valence-electron chi connectivity index (χ3n) is 3.56. The van der Waals surface area contributed by atoms with Crippen molar-refractivity contribution < 1.29 is 9.90 Å². The van der Waals surface area contributed by atoms with Gasteiger partial charge in [0.2, 0.25) is 0 Å². The van der Waals surface area contributed by atoms with E-state index in [0.717, 1.165) is 16.5 Å². The number of carboxylic acids is 1. The van der Waals surface area contributed by atoms with Crippen LogP contribution in [0.1, 0.15) is 21.5 Å². The number of carbonyl (C=O) groups is 1. The lowest BCUT2D eigenvalue weighted by molar-refractivity contribution is 0.0697. The summed E-state index contributed by atoms with van der Waals surface area (Å²) in [6, 6.07) is 13.7. The Morgan fingerprint density at radius 2 is 1.92 bits per heavy atom. The summed E-state index contributed by atoms with van der Waals surface area (Å²) >= 11 is 0. The van der Waals surface area contributed by atoms with E-state index in [9.17, 15) is 9.59 Å². The molecule has 0 saturated carbocycles. The van der Waals surface area contributed by atoms with Crippen LogP contribution in [0.3, 0.4) is 0 Å². The number of fused-ring (bicyclic) bond motifs is 1. The summed E-state index contributed by atoms with van der Waals surface area (Å²) in [5.41, 5.74) is 5.69. The van der Waals surface area contributed by atoms with E-state index in [1.807, 2.05) is 25.1 Å². The zero-order valence-corrected chi connectivity index (χ0v) is 12.9. The second-order valence-electron chi connectivity index (χ2n) is 5.40. The molecule has 1 aromatic heterocycles. The van der Waals surface area contributed by atoms with Gasteiger partial charge in [-0.1, -0.05) is 11.6 Å². The Labute approximate surface area is 137 Å². The number of hydrazone groups is 1. The predicted molar refractivity (Wildman–Crippen MR) is 93.9 cm³/mol. The quantitative estimate of drug-likeness (QED) is 0.508. The smallest absolute Gasteiger partial charge is 0.335 e. The van der Waals surface area contributed by atoms with E-state index in [-0.39, 0.29) is 11.1 Å². The summed E-state index contributed by atoms with van der Waals surface area (Å²) in [6.45, 7) is 1.99. The van der Waals surface area contributed by atoms with E-state index in [2.05, 4.69) is 15.5 Å². The molecule has 3 aromatic rings. The zero-order valence-electron chi connectivity index (χ0n) is 12.9. The van der Waals surface area contributed by atoms with Crippen molar-refractivity contribution in [2.75, 3.05) is 5.43 Å². The minimum absolute atomic E-state index is 0.200. The van der Waals surface area contributed by atoms with Crippen molar-refractivity contribution in [1.82, 2.24) is 4.98 Å². The van der Waals surface area contributed by atoms with Crippen LogP contribution in [-0.2, 0) is 0 Å². The molecule has 3 N–H and O–H groups in total. The topological polar surface area (TPSA) is 94.5 Å². The number of pyridine rings is 1. The number of aromatic carboxylic acids is 1. The SMILES string of the molecule is Cc1ccc2[nH]c(=O)c(C=NNc3ccc(C(=O)O)cc3)cc2c1. The minimum Gasteiger partial charge on any atom is -0.478 e. The highest BCUT2D eigenvalue weighted by Crippen LogP contribution is 2.13. The maximum Gasteiger partial charge on any atom is 0.335 e. The first-order valence-electron chi connectivity index (χ1n) is 7.29. The van der Waals surface area contributed by atoms with E-state index < -0.39 is 5.97 Å². The summed E-state index contributed by atoms with van der Waals surface area (Å²) in [6.07, 6.45) is 1.44. The summed E-state index contributed by atoms with van der Waals surface area (Å²) in [5, 5.41) is 13.8. The Balaban J connectivity index is 1.81. The van der Waals surface area contributed by atoms with Crippen molar-refractivity contribution >= 4 is 28.8 Å². The van der Waals surface area contributed by atoms with E-state index >= 15 is 0 Å². The fourth-order valence-electron chi connectivity index (χ4n) is 2.30. The number of H-pyrrole nitrogens is 1. The van der Waals surface area contributed by atoms with Crippen molar-refractivity contribution in [3.63, 3.8) is 0 Å². The van der Waals surface area contributed by atoms with Crippen molar-refractivity contribution in [3.8, 4) is 0 Å². The minimum atomic E-state index is -0.983.